The van der Waals surface area contributed by atoms with Crippen molar-refractivity contribution in [3.8, 4) is 17.0 Å². The number of hydrogen-bond donors (Lipinski definition) is 3. The molecule has 2 aromatic carbocycles. The van der Waals surface area contributed by atoms with E-state index in [1.807, 2.05) is 36.4 Å². The highest BCUT2D eigenvalue weighted by atomic mass is 16.5. The molecule has 0 radical (unpaired) electrons. The average Bonchev–Trinajstić information content (AvgIpc) is 2.90. The Morgan fingerprint density at radius 1 is 1.00 bits per heavy atom. The Labute approximate surface area is 213 Å². The molecule has 3 N–H and O–H groups in total. The molecule has 2 aliphatic rings. The van der Waals surface area contributed by atoms with Gasteiger partial charge in [0.05, 0.1) is 30.0 Å². The zero-order chi connectivity index (χ0) is 25.6. The van der Waals surface area contributed by atoms with Crippen LogP contribution < -0.4 is 25.8 Å². The molecule has 0 spiro atoms. The normalized spacial score (nSPS) is 16.6. The number of pyridine rings is 2. The molecule has 9 heteroatoms. The van der Waals surface area contributed by atoms with Gasteiger partial charge < -0.3 is 30.0 Å². The third-order valence-electron chi connectivity index (χ3n) is 6.70. The second kappa shape index (κ2) is 8.94. The smallest absolute Gasteiger partial charge is 0.268 e. The highest BCUT2D eigenvalue weighted by Crippen LogP contribution is 2.37. The molecule has 0 atom stereocenters. The summed E-state index contributed by atoms with van der Waals surface area (Å²) in [5.41, 5.74) is 2.85. The van der Waals surface area contributed by atoms with Crippen LogP contribution in [0.4, 0.5) is 22.9 Å². The molecule has 2 aromatic heterocycles. The van der Waals surface area contributed by atoms with Crippen LogP contribution in [0.3, 0.4) is 0 Å². The minimum Gasteiger partial charge on any atom is -0.476 e. The summed E-state index contributed by atoms with van der Waals surface area (Å²) in [4.78, 5) is 34.9. The predicted molar refractivity (Wildman–Crippen MR) is 144 cm³/mol. The van der Waals surface area contributed by atoms with E-state index >= 15 is 0 Å². The van der Waals surface area contributed by atoms with Gasteiger partial charge in [0.2, 0.25) is 0 Å². The standard InChI is InChI=1S/C28H27N5O4/c1-28(2)27(35)32-21-8-3-17(16-23(21)37-28)22-15-18-9-10-29-26(34)24(18)25(31-22)30-19-4-6-20(7-5-19)33-11-13-36-14-12-33/h3-10,15-16H,11-14H2,1-2H3,(H,29,34)(H,30,31)(H,32,35). The van der Waals surface area contributed by atoms with Gasteiger partial charge in [-0.05, 0) is 67.8 Å². The van der Waals surface area contributed by atoms with Gasteiger partial charge in [0.25, 0.3) is 11.5 Å². The summed E-state index contributed by atoms with van der Waals surface area (Å²) in [6.45, 7) is 6.63. The summed E-state index contributed by atoms with van der Waals surface area (Å²) in [6, 6.07) is 17.4. The van der Waals surface area contributed by atoms with Crippen molar-refractivity contribution in [1.82, 2.24) is 9.97 Å². The number of nitrogens with zero attached hydrogens (tertiary/aromatic N) is 2. The summed E-state index contributed by atoms with van der Waals surface area (Å²) >= 11 is 0. The molecule has 0 aliphatic carbocycles. The number of morpholine rings is 1. The number of anilines is 4. The van der Waals surface area contributed by atoms with E-state index in [1.165, 1.54) is 0 Å². The summed E-state index contributed by atoms with van der Waals surface area (Å²) in [6.07, 6.45) is 1.63. The Morgan fingerprint density at radius 2 is 1.78 bits per heavy atom. The minimum absolute atomic E-state index is 0.193. The number of aromatic amines is 1. The van der Waals surface area contributed by atoms with E-state index in [2.05, 4.69) is 32.7 Å². The lowest BCUT2D eigenvalue weighted by atomic mass is 10.0. The zero-order valence-electron chi connectivity index (χ0n) is 20.6. The maximum atomic E-state index is 12.8. The molecule has 4 aromatic rings. The Morgan fingerprint density at radius 3 is 2.57 bits per heavy atom. The summed E-state index contributed by atoms with van der Waals surface area (Å²) in [5, 5.41) is 7.47. The Hall–Kier alpha value is -4.37. The topological polar surface area (TPSA) is 109 Å². The number of aromatic nitrogens is 2. The SMILES string of the molecule is CC1(C)Oc2cc(-c3cc4cc[nH]c(=O)c4c(Nc4ccc(N5CCOCC5)cc4)n3)ccc2NC1=O. The fourth-order valence-corrected chi connectivity index (χ4v) is 4.63. The summed E-state index contributed by atoms with van der Waals surface area (Å²) in [7, 11) is 0. The first-order valence-corrected chi connectivity index (χ1v) is 12.2. The van der Waals surface area contributed by atoms with Gasteiger partial charge in [-0.2, -0.15) is 0 Å². The quantitative estimate of drug-likeness (QED) is 0.386. The van der Waals surface area contributed by atoms with Crippen LogP contribution in [-0.4, -0.2) is 47.8 Å². The lowest BCUT2D eigenvalue weighted by Crippen LogP contribution is -2.45. The van der Waals surface area contributed by atoms with Crippen LogP contribution in [0.25, 0.3) is 22.0 Å². The molecule has 1 amide bonds. The van der Waals surface area contributed by atoms with Gasteiger partial charge in [0.15, 0.2) is 5.60 Å². The number of nitrogens with one attached hydrogen (secondary N) is 3. The van der Waals surface area contributed by atoms with Gasteiger partial charge in [-0.3, -0.25) is 9.59 Å². The van der Waals surface area contributed by atoms with Crippen molar-refractivity contribution in [2.45, 2.75) is 19.4 Å². The maximum absolute atomic E-state index is 12.8. The number of carbonyl (C=O) groups excluding carboxylic acids is 1. The van der Waals surface area contributed by atoms with Crippen LogP contribution in [0.2, 0.25) is 0 Å². The van der Waals surface area contributed by atoms with Crippen molar-refractivity contribution < 1.29 is 14.3 Å². The van der Waals surface area contributed by atoms with E-state index in [-0.39, 0.29) is 11.5 Å². The first-order chi connectivity index (χ1) is 17.9. The summed E-state index contributed by atoms with van der Waals surface area (Å²) in [5.74, 6) is 0.839. The first-order valence-electron chi connectivity index (χ1n) is 12.2. The van der Waals surface area contributed by atoms with Crippen LogP contribution in [0.15, 0.2) is 65.6 Å². The molecule has 1 saturated heterocycles. The third kappa shape index (κ3) is 4.38. The molecule has 6 rings (SSSR count). The van der Waals surface area contributed by atoms with Crippen molar-refractivity contribution in [3.63, 3.8) is 0 Å². The molecule has 9 nitrogen and oxygen atoms in total. The Bertz CT molecular complexity index is 1560. The van der Waals surface area contributed by atoms with Crippen molar-refractivity contribution in [3.05, 3.63) is 71.1 Å². The van der Waals surface area contributed by atoms with Crippen molar-refractivity contribution in [1.29, 1.82) is 0 Å². The molecular weight excluding hydrogens is 470 g/mol. The van der Waals surface area contributed by atoms with Gasteiger partial charge in [0, 0.05) is 36.2 Å². The number of benzene rings is 2. The van der Waals surface area contributed by atoms with E-state index in [4.69, 9.17) is 14.5 Å². The Kier molecular flexibility index (Phi) is 5.57. The van der Waals surface area contributed by atoms with Crippen molar-refractivity contribution in [2.75, 3.05) is 41.8 Å². The van der Waals surface area contributed by atoms with Crippen LogP contribution in [0, 0.1) is 0 Å². The van der Waals surface area contributed by atoms with E-state index in [0.29, 0.717) is 28.3 Å². The fraction of sp³-hybridized carbons (Fsp3) is 0.250. The van der Waals surface area contributed by atoms with E-state index < -0.39 is 5.60 Å². The number of amides is 1. The molecule has 4 heterocycles. The van der Waals surface area contributed by atoms with Crippen LogP contribution in [0.1, 0.15) is 13.8 Å². The van der Waals surface area contributed by atoms with Gasteiger partial charge in [0.1, 0.15) is 11.6 Å². The number of hydrogen-bond acceptors (Lipinski definition) is 7. The number of rotatable bonds is 4. The minimum atomic E-state index is -0.976. The predicted octanol–water partition coefficient (Wildman–Crippen LogP) is 4.28. The lowest BCUT2D eigenvalue weighted by molar-refractivity contribution is -0.129. The zero-order valence-corrected chi connectivity index (χ0v) is 20.6. The molecule has 1 fully saturated rings. The summed E-state index contributed by atoms with van der Waals surface area (Å²) < 4.78 is 11.4. The van der Waals surface area contributed by atoms with E-state index in [1.54, 1.807) is 26.1 Å². The van der Waals surface area contributed by atoms with Crippen molar-refractivity contribution in [2.24, 2.45) is 0 Å². The first kappa shape index (κ1) is 23.1. The van der Waals surface area contributed by atoms with Crippen LogP contribution in [-0.2, 0) is 9.53 Å². The second-order valence-electron chi connectivity index (χ2n) is 9.68. The number of ether oxygens (including phenoxy) is 2. The molecule has 0 saturated carbocycles. The van der Waals surface area contributed by atoms with Gasteiger partial charge in [-0.1, -0.05) is 6.07 Å². The highest BCUT2D eigenvalue weighted by molar-refractivity contribution is 6.01. The average molecular weight is 498 g/mol. The van der Waals surface area contributed by atoms with Crippen LogP contribution >= 0.6 is 0 Å². The molecule has 2 aliphatic heterocycles. The largest absolute Gasteiger partial charge is 0.476 e. The molecule has 0 unspecified atom stereocenters. The fourth-order valence-electron chi connectivity index (χ4n) is 4.63. The van der Waals surface area contributed by atoms with Gasteiger partial charge in [-0.25, -0.2) is 4.98 Å². The highest BCUT2D eigenvalue weighted by Gasteiger charge is 2.35. The van der Waals surface area contributed by atoms with Gasteiger partial charge >= 0.3 is 0 Å². The van der Waals surface area contributed by atoms with Crippen molar-refractivity contribution >= 4 is 39.6 Å². The second-order valence-corrected chi connectivity index (χ2v) is 9.68. The molecule has 0 bridgehead atoms. The van der Waals surface area contributed by atoms with Gasteiger partial charge in [-0.15, -0.1) is 0 Å². The van der Waals surface area contributed by atoms with E-state index in [9.17, 15) is 9.59 Å². The molecule has 188 valence electrons. The number of fused-ring (bicyclic) bond motifs is 2. The monoisotopic (exact) mass is 497 g/mol. The molecular formula is C28H27N5O4. The van der Waals surface area contributed by atoms with E-state index in [0.717, 1.165) is 48.6 Å². The number of carbonyl (C=O) groups is 1. The van der Waals surface area contributed by atoms with Crippen LogP contribution in [0.5, 0.6) is 5.75 Å². The Balaban J connectivity index is 1.37. The number of H-pyrrole nitrogens is 1. The lowest BCUT2D eigenvalue weighted by Gasteiger charge is -2.31. The molecule has 37 heavy (non-hydrogen) atoms. The maximum Gasteiger partial charge on any atom is 0.268 e. The third-order valence-corrected chi connectivity index (χ3v) is 6.70.